The minimum absolute atomic E-state index is 0.0816. The number of anilines is 1. The predicted octanol–water partition coefficient (Wildman–Crippen LogP) is 0.151. The molecule has 4 amide bonds. The normalized spacial score (nSPS) is 18.6. The van der Waals surface area contributed by atoms with E-state index in [0.29, 0.717) is 12.2 Å². The lowest BCUT2D eigenvalue weighted by molar-refractivity contribution is -0.879. The van der Waals surface area contributed by atoms with E-state index in [1.165, 1.54) is 9.80 Å². The van der Waals surface area contributed by atoms with Gasteiger partial charge in [0.15, 0.2) is 13.2 Å². The molecule has 1 unspecified atom stereocenters. The average Bonchev–Trinajstić information content (AvgIpc) is 2.77. The van der Waals surface area contributed by atoms with Gasteiger partial charge in [-0.15, -0.1) is 0 Å². The van der Waals surface area contributed by atoms with Crippen LogP contribution < -0.4 is 15.1 Å². The number of hydrogen-bond donors (Lipinski definition) is 2. The average molecular weight is 347 g/mol. The maximum atomic E-state index is 12.7. The summed E-state index contributed by atoms with van der Waals surface area (Å²) in [6.45, 7) is 6.70. The molecule has 2 N–H and O–H groups in total. The first kappa shape index (κ1) is 18.9. The second-order valence-corrected chi connectivity index (χ2v) is 6.57. The molecule has 0 bridgehead atoms. The SMILES string of the molecule is CCCNC(=O)C[NH+](C)CN1C(=O)[C@H](C)N(c2ccc(C)cc2)C1=O. The van der Waals surface area contributed by atoms with Crippen molar-refractivity contribution in [1.82, 2.24) is 10.2 Å². The van der Waals surface area contributed by atoms with Crippen molar-refractivity contribution in [2.24, 2.45) is 0 Å². The highest BCUT2D eigenvalue weighted by atomic mass is 16.2. The maximum Gasteiger partial charge on any atom is 0.336 e. The number of likely N-dealkylation sites (N-methyl/N-ethyl adjacent to an activating group) is 1. The van der Waals surface area contributed by atoms with Crippen LogP contribution in [0.4, 0.5) is 10.5 Å². The zero-order chi connectivity index (χ0) is 18.6. The Morgan fingerprint density at radius 2 is 1.88 bits per heavy atom. The van der Waals surface area contributed by atoms with Crippen LogP contribution in [-0.2, 0) is 9.59 Å². The van der Waals surface area contributed by atoms with Gasteiger partial charge in [0.25, 0.3) is 11.8 Å². The van der Waals surface area contributed by atoms with E-state index in [1.807, 2.05) is 38.1 Å². The van der Waals surface area contributed by atoms with E-state index in [1.54, 1.807) is 14.0 Å². The lowest BCUT2D eigenvalue weighted by Crippen LogP contribution is -3.12. The molecule has 25 heavy (non-hydrogen) atoms. The summed E-state index contributed by atoms with van der Waals surface area (Å²) < 4.78 is 0. The number of aryl methyl sites for hydroxylation is 1. The summed E-state index contributed by atoms with van der Waals surface area (Å²) in [5, 5.41) is 2.80. The zero-order valence-electron chi connectivity index (χ0n) is 15.3. The summed E-state index contributed by atoms with van der Waals surface area (Å²) in [5.41, 5.74) is 1.80. The number of quaternary nitrogens is 1. The van der Waals surface area contributed by atoms with Gasteiger partial charge < -0.3 is 10.2 Å². The van der Waals surface area contributed by atoms with Crippen molar-refractivity contribution in [2.45, 2.75) is 33.2 Å². The second kappa shape index (κ2) is 8.11. The smallest absolute Gasteiger partial charge is 0.336 e. The molecule has 2 rings (SSSR count). The van der Waals surface area contributed by atoms with Crippen LogP contribution >= 0.6 is 0 Å². The predicted molar refractivity (Wildman–Crippen MR) is 95.3 cm³/mol. The zero-order valence-corrected chi connectivity index (χ0v) is 15.3. The quantitative estimate of drug-likeness (QED) is 0.690. The molecule has 136 valence electrons. The van der Waals surface area contributed by atoms with Crippen LogP contribution in [0.25, 0.3) is 0 Å². The van der Waals surface area contributed by atoms with Crippen LogP contribution in [0, 0.1) is 6.92 Å². The summed E-state index contributed by atoms with van der Waals surface area (Å²) in [4.78, 5) is 40.6. The summed E-state index contributed by atoms with van der Waals surface area (Å²) >= 11 is 0. The fourth-order valence-electron chi connectivity index (χ4n) is 2.84. The van der Waals surface area contributed by atoms with Crippen molar-refractivity contribution in [1.29, 1.82) is 0 Å². The third kappa shape index (κ3) is 4.36. The first-order valence-corrected chi connectivity index (χ1v) is 8.64. The standard InChI is InChI=1S/C18H26N4O3/c1-5-10-19-16(23)11-20(4)12-21-17(24)14(3)22(18(21)25)15-8-6-13(2)7-9-15/h6-9,14H,5,10-12H2,1-4H3,(H,19,23)/p+1/t14-/m0/s1. The van der Waals surface area contributed by atoms with Gasteiger partial charge in [0.05, 0.1) is 7.05 Å². The van der Waals surface area contributed by atoms with Gasteiger partial charge in [-0.1, -0.05) is 24.6 Å². The fraction of sp³-hybridized carbons (Fsp3) is 0.500. The highest BCUT2D eigenvalue weighted by Crippen LogP contribution is 2.25. The molecule has 0 spiro atoms. The Morgan fingerprint density at radius 1 is 1.24 bits per heavy atom. The number of hydrogen-bond acceptors (Lipinski definition) is 3. The van der Waals surface area contributed by atoms with E-state index in [2.05, 4.69) is 5.32 Å². The Labute approximate surface area is 148 Å². The number of amides is 4. The van der Waals surface area contributed by atoms with Gasteiger partial charge in [-0.25, -0.2) is 9.69 Å². The number of urea groups is 1. The third-order valence-corrected chi connectivity index (χ3v) is 4.22. The Kier molecular flexibility index (Phi) is 6.14. The van der Waals surface area contributed by atoms with Gasteiger partial charge >= 0.3 is 6.03 Å². The lowest BCUT2D eigenvalue weighted by atomic mass is 10.2. The van der Waals surface area contributed by atoms with E-state index in [4.69, 9.17) is 0 Å². The molecule has 1 heterocycles. The van der Waals surface area contributed by atoms with Crippen molar-refractivity contribution in [2.75, 3.05) is 31.7 Å². The topological polar surface area (TPSA) is 74.2 Å². The number of nitrogens with one attached hydrogen (secondary N) is 2. The second-order valence-electron chi connectivity index (χ2n) is 6.57. The highest BCUT2D eigenvalue weighted by molar-refractivity contribution is 6.13. The molecule has 1 fully saturated rings. The molecule has 0 saturated carbocycles. The van der Waals surface area contributed by atoms with Crippen molar-refractivity contribution < 1.29 is 19.3 Å². The Morgan fingerprint density at radius 3 is 2.48 bits per heavy atom. The molecule has 0 aliphatic carbocycles. The number of carbonyl (C=O) groups excluding carboxylic acids is 3. The molecule has 2 atom stereocenters. The van der Waals surface area contributed by atoms with Gasteiger partial charge in [0.1, 0.15) is 6.04 Å². The van der Waals surface area contributed by atoms with Crippen LogP contribution in [0.15, 0.2) is 24.3 Å². The van der Waals surface area contributed by atoms with Gasteiger partial charge in [-0.2, -0.15) is 0 Å². The third-order valence-electron chi connectivity index (χ3n) is 4.22. The summed E-state index contributed by atoms with van der Waals surface area (Å²) in [6, 6.07) is 6.63. The summed E-state index contributed by atoms with van der Waals surface area (Å²) in [5.74, 6) is -0.319. The van der Waals surface area contributed by atoms with Crippen LogP contribution in [0.3, 0.4) is 0 Å². The first-order chi connectivity index (χ1) is 11.8. The molecule has 1 aliphatic heterocycles. The van der Waals surface area contributed by atoms with Crippen molar-refractivity contribution in [3.63, 3.8) is 0 Å². The number of benzene rings is 1. The molecule has 1 aliphatic rings. The number of carbonyl (C=O) groups is 3. The lowest BCUT2D eigenvalue weighted by Gasteiger charge is -2.21. The molecular weight excluding hydrogens is 320 g/mol. The molecule has 1 aromatic carbocycles. The molecule has 1 aromatic rings. The Balaban J connectivity index is 2.04. The van der Waals surface area contributed by atoms with Crippen LogP contribution in [-0.4, -0.2) is 55.6 Å². The monoisotopic (exact) mass is 347 g/mol. The van der Waals surface area contributed by atoms with E-state index in [0.717, 1.165) is 16.9 Å². The van der Waals surface area contributed by atoms with Crippen molar-refractivity contribution in [3.8, 4) is 0 Å². The fourth-order valence-corrected chi connectivity index (χ4v) is 2.84. The van der Waals surface area contributed by atoms with Gasteiger partial charge in [0, 0.05) is 12.2 Å². The van der Waals surface area contributed by atoms with E-state index in [-0.39, 0.29) is 31.1 Å². The summed E-state index contributed by atoms with van der Waals surface area (Å²) in [7, 11) is 1.80. The van der Waals surface area contributed by atoms with E-state index < -0.39 is 6.04 Å². The summed E-state index contributed by atoms with van der Waals surface area (Å²) in [6.07, 6.45) is 0.872. The van der Waals surface area contributed by atoms with E-state index in [9.17, 15) is 14.4 Å². The van der Waals surface area contributed by atoms with Gasteiger partial charge in [0.2, 0.25) is 0 Å². The maximum absolute atomic E-state index is 12.7. The van der Waals surface area contributed by atoms with Crippen molar-refractivity contribution >= 4 is 23.5 Å². The first-order valence-electron chi connectivity index (χ1n) is 8.64. The van der Waals surface area contributed by atoms with Crippen LogP contribution in [0.5, 0.6) is 0 Å². The van der Waals surface area contributed by atoms with Crippen LogP contribution in [0.2, 0.25) is 0 Å². The molecule has 0 radical (unpaired) electrons. The van der Waals surface area contributed by atoms with E-state index >= 15 is 0 Å². The number of nitrogens with zero attached hydrogens (tertiary/aromatic N) is 2. The highest BCUT2D eigenvalue weighted by Gasteiger charge is 2.44. The molecule has 0 aromatic heterocycles. The minimum Gasteiger partial charge on any atom is -0.351 e. The Hall–Kier alpha value is -2.41. The largest absolute Gasteiger partial charge is 0.351 e. The minimum atomic E-state index is -0.545. The van der Waals surface area contributed by atoms with Crippen molar-refractivity contribution in [3.05, 3.63) is 29.8 Å². The van der Waals surface area contributed by atoms with Crippen LogP contribution in [0.1, 0.15) is 25.8 Å². The molecule has 7 nitrogen and oxygen atoms in total. The number of rotatable bonds is 7. The Bertz CT molecular complexity index is 644. The molecule has 7 heteroatoms. The van der Waals surface area contributed by atoms with Gasteiger partial charge in [-0.05, 0) is 32.4 Å². The molecule has 1 saturated heterocycles. The molecular formula is C18H27N4O3+. The number of imide groups is 1. The van der Waals surface area contributed by atoms with Gasteiger partial charge in [-0.3, -0.25) is 14.5 Å².